The van der Waals surface area contributed by atoms with Crippen LogP contribution < -0.4 is 10.1 Å². The number of nitrogens with zero attached hydrogens (tertiary/aromatic N) is 2. The summed E-state index contributed by atoms with van der Waals surface area (Å²) in [6.45, 7) is 0. The van der Waals surface area contributed by atoms with Gasteiger partial charge in [-0.2, -0.15) is 4.98 Å². The third-order valence-electron chi connectivity index (χ3n) is 2.99. The van der Waals surface area contributed by atoms with Gasteiger partial charge >= 0.3 is 5.97 Å². The van der Waals surface area contributed by atoms with Crippen molar-refractivity contribution in [1.82, 2.24) is 9.97 Å². The summed E-state index contributed by atoms with van der Waals surface area (Å²) >= 11 is 0. The van der Waals surface area contributed by atoms with Crippen molar-refractivity contribution in [2.24, 2.45) is 5.92 Å². The van der Waals surface area contributed by atoms with Gasteiger partial charge < -0.3 is 15.2 Å². The van der Waals surface area contributed by atoms with Crippen molar-refractivity contribution in [3.05, 3.63) is 12.3 Å². The summed E-state index contributed by atoms with van der Waals surface area (Å²) in [5.74, 6) is -0.234. The normalized spacial score (nSPS) is 23.4. The van der Waals surface area contributed by atoms with Crippen LogP contribution in [0.2, 0.25) is 0 Å². The van der Waals surface area contributed by atoms with Gasteiger partial charge in [0.25, 0.3) is 0 Å². The molecule has 0 saturated heterocycles. The second-order valence-electron chi connectivity index (χ2n) is 4.05. The van der Waals surface area contributed by atoms with E-state index in [1.807, 2.05) is 0 Å². The van der Waals surface area contributed by atoms with Crippen LogP contribution in [-0.2, 0) is 4.79 Å². The minimum absolute atomic E-state index is 0.0976. The number of rotatable bonds is 4. The quantitative estimate of drug-likeness (QED) is 0.817. The number of hydrogen-bond donors (Lipinski definition) is 2. The van der Waals surface area contributed by atoms with Gasteiger partial charge in [-0.05, 0) is 12.8 Å². The molecule has 1 aliphatic carbocycles. The molecule has 17 heavy (non-hydrogen) atoms. The van der Waals surface area contributed by atoms with E-state index < -0.39 is 5.97 Å². The summed E-state index contributed by atoms with van der Waals surface area (Å²) < 4.78 is 4.99. The highest BCUT2D eigenvalue weighted by Crippen LogP contribution is 2.28. The van der Waals surface area contributed by atoms with Crippen molar-refractivity contribution in [1.29, 1.82) is 0 Å². The molecule has 0 spiro atoms. The second-order valence-corrected chi connectivity index (χ2v) is 4.05. The standard InChI is InChI=1S/C11H15N3O3/c1-17-9-5-6-12-11(14-9)13-8-4-2-3-7(8)10(15)16/h5-8H,2-4H2,1H3,(H,15,16)(H,12,13,14)/t7-,8+/m0/s1. The third-order valence-corrected chi connectivity index (χ3v) is 2.99. The molecule has 0 aliphatic heterocycles. The topological polar surface area (TPSA) is 84.3 Å². The van der Waals surface area contributed by atoms with Gasteiger partial charge in [-0.3, -0.25) is 4.79 Å². The molecule has 1 heterocycles. The Kier molecular flexibility index (Phi) is 3.41. The average Bonchev–Trinajstić information content (AvgIpc) is 2.77. The van der Waals surface area contributed by atoms with Crippen LogP contribution in [-0.4, -0.2) is 34.2 Å². The summed E-state index contributed by atoms with van der Waals surface area (Å²) in [5.41, 5.74) is 0. The Balaban J connectivity index is 2.06. The van der Waals surface area contributed by atoms with Gasteiger partial charge in [-0.1, -0.05) is 6.42 Å². The number of carboxylic acids is 1. The lowest BCUT2D eigenvalue weighted by molar-refractivity contribution is -0.141. The van der Waals surface area contributed by atoms with Gasteiger partial charge in [0.05, 0.1) is 13.0 Å². The Bertz CT molecular complexity index is 411. The maximum absolute atomic E-state index is 11.0. The van der Waals surface area contributed by atoms with E-state index in [4.69, 9.17) is 9.84 Å². The molecule has 92 valence electrons. The van der Waals surface area contributed by atoms with Gasteiger partial charge in [0.1, 0.15) is 0 Å². The first-order chi connectivity index (χ1) is 8.20. The first kappa shape index (κ1) is 11.6. The summed E-state index contributed by atoms with van der Waals surface area (Å²) in [7, 11) is 1.53. The van der Waals surface area contributed by atoms with Gasteiger partial charge in [-0.25, -0.2) is 4.98 Å². The van der Waals surface area contributed by atoms with Gasteiger partial charge in [0.2, 0.25) is 11.8 Å². The Hall–Kier alpha value is -1.85. The molecule has 0 bridgehead atoms. The number of nitrogens with one attached hydrogen (secondary N) is 1. The lowest BCUT2D eigenvalue weighted by Gasteiger charge is -2.17. The second kappa shape index (κ2) is 4.99. The van der Waals surface area contributed by atoms with Crippen molar-refractivity contribution in [3.63, 3.8) is 0 Å². The number of methoxy groups -OCH3 is 1. The van der Waals surface area contributed by atoms with Crippen LogP contribution in [0.3, 0.4) is 0 Å². The number of ether oxygens (including phenoxy) is 1. The fourth-order valence-corrected chi connectivity index (χ4v) is 2.12. The van der Waals surface area contributed by atoms with Crippen molar-refractivity contribution in [2.75, 3.05) is 12.4 Å². The average molecular weight is 237 g/mol. The molecule has 1 aromatic heterocycles. The molecule has 2 rings (SSSR count). The zero-order valence-electron chi connectivity index (χ0n) is 9.59. The summed E-state index contributed by atoms with van der Waals surface area (Å²) in [4.78, 5) is 19.2. The zero-order chi connectivity index (χ0) is 12.3. The third kappa shape index (κ3) is 2.64. The maximum Gasteiger partial charge on any atom is 0.308 e. The first-order valence-corrected chi connectivity index (χ1v) is 5.57. The predicted octanol–water partition coefficient (Wildman–Crippen LogP) is 1.15. The highest BCUT2D eigenvalue weighted by atomic mass is 16.5. The van der Waals surface area contributed by atoms with Crippen LogP contribution in [0.4, 0.5) is 5.95 Å². The van der Waals surface area contributed by atoms with Crippen LogP contribution in [0.25, 0.3) is 0 Å². The molecule has 1 aliphatic rings. The molecular weight excluding hydrogens is 222 g/mol. The van der Waals surface area contributed by atoms with Crippen LogP contribution in [0.15, 0.2) is 12.3 Å². The molecule has 0 amide bonds. The van der Waals surface area contributed by atoms with E-state index in [0.29, 0.717) is 18.2 Å². The number of carboxylic acid groups (broad SMARTS) is 1. The highest BCUT2D eigenvalue weighted by Gasteiger charge is 2.33. The Morgan fingerprint density at radius 3 is 3.12 bits per heavy atom. The Morgan fingerprint density at radius 1 is 1.59 bits per heavy atom. The molecule has 6 heteroatoms. The van der Waals surface area contributed by atoms with Crippen molar-refractivity contribution in [3.8, 4) is 5.88 Å². The van der Waals surface area contributed by atoms with Crippen LogP contribution >= 0.6 is 0 Å². The van der Waals surface area contributed by atoms with Crippen molar-refractivity contribution in [2.45, 2.75) is 25.3 Å². The van der Waals surface area contributed by atoms with Crippen LogP contribution in [0.5, 0.6) is 5.88 Å². The van der Waals surface area contributed by atoms with Crippen LogP contribution in [0.1, 0.15) is 19.3 Å². The van der Waals surface area contributed by atoms with Crippen LogP contribution in [0, 0.1) is 5.92 Å². The largest absolute Gasteiger partial charge is 0.481 e. The lowest BCUT2D eigenvalue weighted by atomic mass is 10.0. The minimum atomic E-state index is -0.761. The highest BCUT2D eigenvalue weighted by molar-refractivity contribution is 5.72. The van der Waals surface area contributed by atoms with Gasteiger partial charge in [0, 0.05) is 18.3 Å². The lowest BCUT2D eigenvalue weighted by Crippen LogP contribution is -2.30. The van der Waals surface area contributed by atoms with E-state index in [9.17, 15) is 4.79 Å². The number of hydrogen-bond acceptors (Lipinski definition) is 5. The molecule has 2 N–H and O–H groups in total. The molecular formula is C11H15N3O3. The number of aromatic nitrogens is 2. The molecule has 2 atom stereocenters. The van der Waals surface area contributed by atoms with Gasteiger partial charge in [-0.15, -0.1) is 0 Å². The van der Waals surface area contributed by atoms with E-state index in [0.717, 1.165) is 12.8 Å². The number of anilines is 1. The predicted molar refractivity (Wildman–Crippen MR) is 61.0 cm³/mol. The van der Waals surface area contributed by atoms with E-state index >= 15 is 0 Å². The fourth-order valence-electron chi connectivity index (χ4n) is 2.12. The van der Waals surface area contributed by atoms with E-state index in [1.165, 1.54) is 7.11 Å². The molecule has 1 saturated carbocycles. The monoisotopic (exact) mass is 237 g/mol. The van der Waals surface area contributed by atoms with E-state index in [-0.39, 0.29) is 12.0 Å². The zero-order valence-corrected chi connectivity index (χ0v) is 9.59. The number of aliphatic carboxylic acids is 1. The fraction of sp³-hybridized carbons (Fsp3) is 0.545. The van der Waals surface area contributed by atoms with Crippen molar-refractivity contribution >= 4 is 11.9 Å². The minimum Gasteiger partial charge on any atom is -0.481 e. The van der Waals surface area contributed by atoms with E-state index in [1.54, 1.807) is 12.3 Å². The molecule has 1 fully saturated rings. The van der Waals surface area contributed by atoms with E-state index in [2.05, 4.69) is 15.3 Å². The molecule has 0 aromatic carbocycles. The summed E-state index contributed by atoms with van der Waals surface area (Å²) in [6, 6.07) is 1.55. The Labute approximate surface area is 99.0 Å². The number of carbonyl (C=O) groups is 1. The Morgan fingerprint density at radius 2 is 2.41 bits per heavy atom. The van der Waals surface area contributed by atoms with Gasteiger partial charge in [0.15, 0.2) is 0 Å². The summed E-state index contributed by atoms with van der Waals surface area (Å²) in [5, 5.41) is 12.1. The maximum atomic E-state index is 11.0. The molecule has 6 nitrogen and oxygen atoms in total. The first-order valence-electron chi connectivity index (χ1n) is 5.57. The molecule has 0 unspecified atom stereocenters. The smallest absolute Gasteiger partial charge is 0.308 e. The molecule has 0 radical (unpaired) electrons. The van der Waals surface area contributed by atoms with Crippen molar-refractivity contribution < 1.29 is 14.6 Å². The SMILES string of the molecule is COc1ccnc(N[C@@H]2CCC[C@@H]2C(=O)O)n1. The summed E-state index contributed by atoms with van der Waals surface area (Å²) in [6.07, 6.45) is 4.03. The molecule has 1 aromatic rings.